The number of esters is 3. The molecule has 0 aliphatic heterocycles. The van der Waals surface area contributed by atoms with Crippen molar-refractivity contribution < 1.29 is 28.6 Å². The molecule has 0 fully saturated rings. The van der Waals surface area contributed by atoms with Crippen molar-refractivity contribution in [2.75, 3.05) is 13.2 Å². The maximum atomic E-state index is 12.7. The Balaban J connectivity index is 4.25. The van der Waals surface area contributed by atoms with Crippen LogP contribution >= 0.6 is 0 Å². The van der Waals surface area contributed by atoms with E-state index in [-0.39, 0.29) is 31.1 Å². The lowest BCUT2D eigenvalue weighted by Gasteiger charge is -2.18. The topological polar surface area (TPSA) is 78.9 Å². The van der Waals surface area contributed by atoms with Crippen LogP contribution in [0.3, 0.4) is 0 Å². The molecule has 0 bridgehead atoms. The van der Waals surface area contributed by atoms with Gasteiger partial charge in [0.2, 0.25) is 0 Å². The Morgan fingerprint density at radius 3 is 1.11 bits per heavy atom. The van der Waals surface area contributed by atoms with E-state index in [1.165, 1.54) is 96.3 Å². The first-order valence-electron chi connectivity index (χ1n) is 23.1. The molecule has 0 N–H and O–H groups in total. The maximum Gasteiger partial charge on any atom is 0.306 e. The molecule has 0 radical (unpaired) electrons. The first kappa shape index (κ1) is 52.4. The van der Waals surface area contributed by atoms with E-state index in [4.69, 9.17) is 14.2 Å². The van der Waals surface area contributed by atoms with E-state index in [2.05, 4.69) is 69.4 Å². The number of rotatable bonds is 41. The third-order valence-electron chi connectivity index (χ3n) is 9.85. The zero-order chi connectivity index (χ0) is 40.1. The first-order chi connectivity index (χ1) is 27.0. The molecule has 1 unspecified atom stereocenters. The van der Waals surface area contributed by atoms with Gasteiger partial charge in [0.15, 0.2) is 6.10 Å². The Morgan fingerprint density at radius 1 is 0.382 bits per heavy atom. The fourth-order valence-corrected chi connectivity index (χ4v) is 6.37. The largest absolute Gasteiger partial charge is 0.462 e. The van der Waals surface area contributed by atoms with Crippen molar-refractivity contribution >= 4 is 17.9 Å². The van der Waals surface area contributed by atoms with Gasteiger partial charge in [-0.15, -0.1) is 0 Å². The van der Waals surface area contributed by atoms with Crippen LogP contribution in [0.2, 0.25) is 0 Å². The first-order valence-corrected chi connectivity index (χ1v) is 23.1. The molecule has 1 atom stereocenters. The number of hydrogen-bond donors (Lipinski definition) is 0. The van der Waals surface area contributed by atoms with Crippen molar-refractivity contribution in [2.24, 2.45) is 0 Å². The van der Waals surface area contributed by atoms with Gasteiger partial charge >= 0.3 is 17.9 Å². The minimum absolute atomic E-state index is 0.0763. The fraction of sp³-hybridized carbons (Fsp3) is 0.776. The highest BCUT2D eigenvalue weighted by Crippen LogP contribution is 2.14. The van der Waals surface area contributed by atoms with Gasteiger partial charge in [-0.3, -0.25) is 14.4 Å². The van der Waals surface area contributed by atoms with E-state index < -0.39 is 6.10 Å². The van der Waals surface area contributed by atoms with Crippen LogP contribution in [0.15, 0.2) is 48.6 Å². The van der Waals surface area contributed by atoms with E-state index >= 15 is 0 Å². The molecule has 0 aliphatic carbocycles. The number of carbonyl (C=O) groups excluding carboxylic acids is 3. The van der Waals surface area contributed by atoms with Crippen molar-refractivity contribution in [1.82, 2.24) is 0 Å². The van der Waals surface area contributed by atoms with Crippen molar-refractivity contribution in [3.05, 3.63) is 48.6 Å². The normalized spacial score (nSPS) is 12.4. The SMILES string of the molecule is CC/C=C\C/C=C\C/C=C\C/C=C\CCCCCCCCC(=O)OCC(COC(=O)CCCCCCCC)OC(=O)CCCCCCCCCCCCCC. The summed E-state index contributed by atoms with van der Waals surface area (Å²) in [5, 5.41) is 0. The molecule has 0 heterocycles. The summed E-state index contributed by atoms with van der Waals surface area (Å²) in [6.07, 6.45) is 51.1. The van der Waals surface area contributed by atoms with E-state index in [0.29, 0.717) is 19.3 Å². The maximum absolute atomic E-state index is 12.7. The van der Waals surface area contributed by atoms with E-state index in [1.54, 1.807) is 0 Å². The minimum Gasteiger partial charge on any atom is -0.462 e. The third kappa shape index (κ3) is 42.4. The summed E-state index contributed by atoms with van der Waals surface area (Å²) in [6, 6.07) is 0. The van der Waals surface area contributed by atoms with Gasteiger partial charge in [-0.25, -0.2) is 0 Å². The van der Waals surface area contributed by atoms with Gasteiger partial charge < -0.3 is 14.2 Å². The average Bonchev–Trinajstić information content (AvgIpc) is 3.18. The molecule has 0 aromatic heterocycles. The number of carbonyl (C=O) groups is 3. The van der Waals surface area contributed by atoms with Gasteiger partial charge in [-0.1, -0.05) is 198 Å². The summed E-state index contributed by atoms with van der Waals surface area (Å²) in [7, 11) is 0. The molecular weight excluding hydrogens is 685 g/mol. The monoisotopic (exact) mass is 771 g/mol. The molecule has 0 amide bonds. The minimum atomic E-state index is -0.771. The summed E-state index contributed by atoms with van der Waals surface area (Å²) in [6.45, 7) is 6.44. The summed E-state index contributed by atoms with van der Waals surface area (Å²) in [5.74, 6) is -0.899. The van der Waals surface area contributed by atoms with Crippen LogP contribution < -0.4 is 0 Å². The second-order valence-corrected chi connectivity index (χ2v) is 15.3. The summed E-state index contributed by atoms with van der Waals surface area (Å²) < 4.78 is 16.6. The molecule has 6 heteroatoms. The Hall–Kier alpha value is -2.63. The molecule has 0 rings (SSSR count). The van der Waals surface area contributed by atoms with E-state index in [9.17, 15) is 14.4 Å². The van der Waals surface area contributed by atoms with Crippen LogP contribution in [0.5, 0.6) is 0 Å². The zero-order valence-electron chi connectivity index (χ0n) is 36.2. The van der Waals surface area contributed by atoms with Crippen LogP contribution in [-0.4, -0.2) is 37.2 Å². The van der Waals surface area contributed by atoms with Crippen LogP contribution in [0.4, 0.5) is 0 Å². The third-order valence-corrected chi connectivity index (χ3v) is 9.85. The lowest BCUT2D eigenvalue weighted by Crippen LogP contribution is -2.30. The van der Waals surface area contributed by atoms with Gasteiger partial charge in [0, 0.05) is 19.3 Å². The molecule has 0 saturated heterocycles. The number of hydrogen-bond acceptors (Lipinski definition) is 6. The number of unbranched alkanes of at least 4 members (excludes halogenated alkanes) is 22. The molecular formula is C49H86O6. The second-order valence-electron chi connectivity index (χ2n) is 15.3. The molecule has 318 valence electrons. The van der Waals surface area contributed by atoms with Gasteiger partial charge in [-0.05, 0) is 57.8 Å². The summed E-state index contributed by atoms with van der Waals surface area (Å²) >= 11 is 0. The highest BCUT2D eigenvalue weighted by Gasteiger charge is 2.19. The molecule has 0 saturated carbocycles. The summed E-state index contributed by atoms with van der Waals surface area (Å²) in [4.78, 5) is 37.6. The molecule has 55 heavy (non-hydrogen) atoms. The molecule has 6 nitrogen and oxygen atoms in total. The predicted molar refractivity (Wildman–Crippen MR) is 233 cm³/mol. The van der Waals surface area contributed by atoms with Crippen molar-refractivity contribution in [2.45, 2.75) is 232 Å². The van der Waals surface area contributed by atoms with Crippen LogP contribution in [0.25, 0.3) is 0 Å². The molecule has 0 aromatic carbocycles. The van der Waals surface area contributed by atoms with Gasteiger partial charge in [0.1, 0.15) is 13.2 Å². The molecule has 0 spiro atoms. The van der Waals surface area contributed by atoms with Gasteiger partial charge in [0.25, 0.3) is 0 Å². The number of allylic oxidation sites excluding steroid dienone is 8. The second kappa shape index (κ2) is 44.1. The van der Waals surface area contributed by atoms with Gasteiger partial charge in [-0.2, -0.15) is 0 Å². The Labute approximate surface area is 339 Å². The quantitative estimate of drug-likeness (QED) is 0.0267. The lowest BCUT2D eigenvalue weighted by molar-refractivity contribution is -0.167. The molecule has 0 aliphatic rings. The molecule has 0 aromatic rings. The van der Waals surface area contributed by atoms with Crippen LogP contribution in [0, 0.1) is 0 Å². The lowest BCUT2D eigenvalue weighted by atomic mass is 10.0. The zero-order valence-corrected chi connectivity index (χ0v) is 36.2. The van der Waals surface area contributed by atoms with Crippen LogP contribution in [0.1, 0.15) is 226 Å². The van der Waals surface area contributed by atoms with E-state index in [1.807, 2.05) is 0 Å². The standard InChI is InChI=1S/C49H86O6/c1-4-7-10-13-16-18-20-22-23-24-25-26-27-28-30-31-33-36-39-42-48(51)54-45-46(44-53-47(50)41-38-35-15-12-9-6-3)55-49(52)43-40-37-34-32-29-21-19-17-14-11-8-5-2/h7,10,16,18,22-23,25-26,46H,4-6,8-9,11-15,17,19-21,24,27-45H2,1-3H3/b10-7-,18-16-,23-22-,26-25-. The summed E-state index contributed by atoms with van der Waals surface area (Å²) in [5.41, 5.74) is 0. The van der Waals surface area contributed by atoms with E-state index in [0.717, 1.165) is 89.9 Å². The van der Waals surface area contributed by atoms with Crippen LogP contribution in [-0.2, 0) is 28.6 Å². The Kier molecular flexibility index (Phi) is 42.0. The fourth-order valence-electron chi connectivity index (χ4n) is 6.37. The van der Waals surface area contributed by atoms with Gasteiger partial charge in [0.05, 0.1) is 0 Å². The van der Waals surface area contributed by atoms with Crippen molar-refractivity contribution in [1.29, 1.82) is 0 Å². The van der Waals surface area contributed by atoms with Crippen molar-refractivity contribution in [3.63, 3.8) is 0 Å². The Bertz CT molecular complexity index is 980. The average molecular weight is 771 g/mol. The predicted octanol–water partition coefficient (Wildman–Crippen LogP) is 14.8. The highest BCUT2D eigenvalue weighted by molar-refractivity contribution is 5.71. The van der Waals surface area contributed by atoms with Crippen molar-refractivity contribution in [3.8, 4) is 0 Å². The highest BCUT2D eigenvalue weighted by atomic mass is 16.6. The Morgan fingerprint density at radius 2 is 0.709 bits per heavy atom. The number of ether oxygens (including phenoxy) is 3. The smallest absolute Gasteiger partial charge is 0.306 e.